The van der Waals surface area contributed by atoms with E-state index < -0.39 is 0 Å². The van der Waals surface area contributed by atoms with Crippen molar-refractivity contribution in [3.63, 3.8) is 0 Å². The molecule has 0 saturated heterocycles. The van der Waals surface area contributed by atoms with Crippen molar-refractivity contribution >= 4 is 0 Å². The van der Waals surface area contributed by atoms with E-state index in [1.165, 1.54) is 5.56 Å². The van der Waals surface area contributed by atoms with Crippen molar-refractivity contribution in [1.82, 2.24) is 5.32 Å². The van der Waals surface area contributed by atoms with Crippen molar-refractivity contribution in [2.24, 2.45) is 5.73 Å². The maximum absolute atomic E-state index is 5.48. The highest BCUT2D eigenvalue weighted by Crippen LogP contribution is 2.13. The van der Waals surface area contributed by atoms with E-state index in [0.29, 0.717) is 12.6 Å². The van der Waals surface area contributed by atoms with Crippen molar-refractivity contribution < 1.29 is 4.74 Å². The molecule has 1 atom stereocenters. The minimum Gasteiger partial charge on any atom is -0.497 e. The standard InChI is InChI=1S/C13H22N2O/c1-3-12(15-9-8-14)10-11-4-6-13(16-2)7-5-11/h4-7,12,15H,3,8-10,14H2,1-2H3. The fraction of sp³-hybridized carbons (Fsp3) is 0.538. The van der Waals surface area contributed by atoms with Crippen LogP contribution in [0.3, 0.4) is 0 Å². The average molecular weight is 222 g/mol. The van der Waals surface area contributed by atoms with Crippen molar-refractivity contribution in [3.8, 4) is 5.75 Å². The van der Waals surface area contributed by atoms with E-state index in [4.69, 9.17) is 10.5 Å². The van der Waals surface area contributed by atoms with Crippen LogP contribution in [0, 0.1) is 0 Å². The van der Waals surface area contributed by atoms with Crippen LogP contribution in [0.2, 0.25) is 0 Å². The molecule has 0 aliphatic heterocycles. The average Bonchev–Trinajstić information content (AvgIpc) is 2.35. The topological polar surface area (TPSA) is 47.3 Å². The van der Waals surface area contributed by atoms with E-state index in [1.54, 1.807) is 7.11 Å². The molecule has 90 valence electrons. The van der Waals surface area contributed by atoms with Crippen LogP contribution in [0.1, 0.15) is 18.9 Å². The maximum atomic E-state index is 5.48. The van der Waals surface area contributed by atoms with Crippen LogP contribution < -0.4 is 15.8 Å². The number of hydrogen-bond acceptors (Lipinski definition) is 3. The van der Waals surface area contributed by atoms with Crippen LogP contribution >= 0.6 is 0 Å². The largest absolute Gasteiger partial charge is 0.497 e. The Morgan fingerprint density at radius 1 is 1.31 bits per heavy atom. The Kier molecular flexibility index (Phi) is 5.90. The monoisotopic (exact) mass is 222 g/mol. The first-order valence-electron chi connectivity index (χ1n) is 5.86. The van der Waals surface area contributed by atoms with E-state index >= 15 is 0 Å². The number of ether oxygens (including phenoxy) is 1. The van der Waals surface area contributed by atoms with Crippen molar-refractivity contribution in [2.45, 2.75) is 25.8 Å². The maximum Gasteiger partial charge on any atom is 0.118 e. The zero-order chi connectivity index (χ0) is 11.8. The van der Waals surface area contributed by atoms with Crippen LogP contribution in [0.4, 0.5) is 0 Å². The van der Waals surface area contributed by atoms with E-state index in [0.717, 1.165) is 25.1 Å². The minimum atomic E-state index is 0.511. The summed E-state index contributed by atoms with van der Waals surface area (Å²) in [6.45, 7) is 3.77. The van der Waals surface area contributed by atoms with E-state index in [-0.39, 0.29) is 0 Å². The Balaban J connectivity index is 2.49. The molecule has 0 fully saturated rings. The Morgan fingerprint density at radius 3 is 2.50 bits per heavy atom. The first-order valence-corrected chi connectivity index (χ1v) is 5.86. The molecule has 1 rings (SSSR count). The first kappa shape index (κ1) is 13.0. The van der Waals surface area contributed by atoms with Gasteiger partial charge in [0.15, 0.2) is 0 Å². The highest BCUT2D eigenvalue weighted by molar-refractivity contribution is 5.27. The molecule has 0 amide bonds. The van der Waals surface area contributed by atoms with E-state index in [1.807, 2.05) is 12.1 Å². The summed E-state index contributed by atoms with van der Waals surface area (Å²) < 4.78 is 5.13. The first-order chi connectivity index (χ1) is 7.80. The van der Waals surface area contributed by atoms with Crippen molar-refractivity contribution in [3.05, 3.63) is 29.8 Å². The second-order valence-corrected chi connectivity index (χ2v) is 3.90. The SMILES string of the molecule is CCC(Cc1ccc(OC)cc1)NCCN. The van der Waals surface area contributed by atoms with Gasteiger partial charge >= 0.3 is 0 Å². The third kappa shape index (κ3) is 4.21. The van der Waals surface area contributed by atoms with Crippen LogP contribution in [-0.2, 0) is 6.42 Å². The highest BCUT2D eigenvalue weighted by Gasteiger charge is 2.05. The van der Waals surface area contributed by atoms with Gasteiger partial charge in [-0.15, -0.1) is 0 Å². The fourth-order valence-corrected chi connectivity index (χ4v) is 1.69. The van der Waals surface area contributed by atoms with Gasteiger partial charge in [0, 0.05) is 19.1 Å². The number of hydrogen-bond donors (Lipinski definition) is 2. The van der Waals surface area contributed by atoms with Crippen LogP contribution in [0.5, 0.6) is 5.75 Å². The lowest BCUT2D eigenvalue weighted by Crippen LogP contribution is -2.34. The molecule has 0 aliphatic rings. The van der Waals surface area contributed by atoms with Gasteiger partial charge in [-0.2, -0.15) is 0 Å². The Hall–Kier alpha value is -1.06. The Bertz CT molecular complexity index is 284. The van der Waals surface area contributed by atoms with Gasteiger partial charge < -0.3 is 15.8 Å². The molecule has 1 unspecified atom stereocenters. The molecular weight excluding hydrogens is 200 g/mol. The summed E-state index contributed by atoms with van der Waals surface area (Å²) in [7, 11) is 1.69. The van der Waals surface area contributed by atoms with Gasteiger partial charge in [-0.3, -0.25) is 0 Å². The third-order valence-electron chi connectivity index (χ3n) is 2.71. The van der Waals surface area contributed by atoms with Gasteiger partial charge in [0.2, 0.25) is 0 Å². The molecule has 0 heterocycles. The quantitative estimate of drug-likeness (QED) is 0.736. The van der Waals surface area contributed by atoms with E-state index in [9.17, 15) is 0 Å². The number of nitrogens with one attached hydrogen (secondary N) is 1. The van der Waals surface area contributed by atoms with Gasteiger partial charge in [0.05, 0.1) is 7.11 Å². The predicted molar refractivity (Wildman–Crippen MR) is 67.8 cm³/mol. The van der Waals surface area contributed by atoms with Crippen molar-refractivity contribution in [2.75, 3.05) is 20.2 Å². The molecule has 0 spiro atoms. The number of rotatable bonds is 7. The molecule has 3 N–H and O–H groups in total. The van der Waals surface area contributed by atoms with Crippen molar-refractivity contribution in [1.29, 1.82) is 0 Å². The lowest BCUT2D eigenvalue weighted by molar-refractivity contribution is 0.414. The number of methoxy groups -OCH3 is 1. The molecule has 3 nitrogen and oxygen atoms in total. The summed E-state index contributed by atoms with van der Waals surface area (Å²) >= 11 is 0. The minimum absolute atomic E-state index is 0.511. The lowest BCUT2D eigenvalue weighted by Gasteiger charge is -2.16. The number of benzene rings is 1. The Morgan fingerprint density at radius 2 is 2.00 bits per heavy atom. The van der Waals surface area contributed by atoms with Crippen LogP contribution in [0.15, 0.2) is 24.3 Å². The normalized spacial score (nSPS) is 12.4. The zero-order valence-electron chi connectivity index (χ0n) is 10.2. The molecule has 1 aromatic carbocycles. The molecule has 16 heavy (non-hydrogen) atoms. The predicted octanol–water partition coefficient (Wildman–Crippen LogP) is 1.56. The summed E-state index contributed by atoms with van der Waals surface area (Å²) in [5, 5.41) is 3.44. The van der Waals surface area contributed by atoms with Gasteiger partial charge in [-0.25, -0.2) is 0 Å². The van der Waals surface area contributed by atoms with Gasteiger partial charge in [0.25, 0.3) is 0 Å². The van der Waals surface area contributed by atoms with Gasteiger partial charge in [-0.05, 0) is 30.5 Å². The molecule has 0 aromatic heterocycles. The molecule has 1 aromatic rings. The molecule has 0 aliphatic carbocycles. The van der Waals surface area contributed by atoms with E-state index in [2.05, 4.69) is 24.4 Å². The molecule has 0 bridgehead atoms. The number of nitrogens with two attached hydrogens (primary N) is 1. The second kappa shape index (κ2) is 7.25. The zero-order valence-corrected chi connectivity index (χ0v) is 10.2. The summed E-state index contributed by atoms with van der Waals surface area (Å²) in [5.41, 5.74) is 6.81. The van der Waals surface area contributed by atoms with Gasteiger partial charge in [0.1, 0.15) is 5.75 Å². The Labute approximate surface area is 98.0 Å². The fourth-order valence-electron chi connectivity index (χ4n) is 1.69. The summed E-state index contributed by atoms with van der Waals surface area (Å²) in [6.07, 6.45) is 2.16. The molecule has 0 saturated carbocycles. The second-order valence-electron chi connectivity index (χ2n) is 3.90. The third-order valence-corrected chi connectivity index (χ3v) is 2.71. The van der Waals surface area contributed by atoms with Crippen LogP contribution in [-0.4, -0.2) is 26.2 Å². The van der Waals surface area contributed by atoms with Crippen LogP contribution in [0.25, 0.3) is 0 Å². The summed E-state index contributed by atoms with van der Waals surface area (Å²) in [4.78, 5) is 0. The molecule has 3 heteroatoms. The summed E-state index contributed by atoms with van der Waals surface area (Å²) in [6, 6.07) is 8.75. The smallest absolute Gasteiger partial charge is 0.118 e. The van der Waals surface area contributed by atoms with Gasteiger partial charge in [-0.1, -0.05) is 19.1 Å². The molecular formula is C13H22N2O. The summed E-state index contributed by atoms with van der Waals surface area (Å²) in [5.74, 6) is 0.909. The highest BCUT2D eigenvalue weighted by atomic mass is 16.5. The lowest BCUT2D eigenvalue weighted by atomic mass is 10.0. The molecule has 0 radical (unpaired) electrons.